The van der Waals surface area contributed by atoms with Crippen LogP contribution in [0.25, 0.3) is 0 Å². The predicted octanol–water partition coefficient (Wildman–Crippen LogP) is 2.79. The number of hydrogen-bond donors (Lipinski definition) is 0. The molecule has 0 radical (unpaired) electrons. The summed E-state index contributed by atoms with van der Waals surface area (Å²) in [6, 6.07) is 12.8. The highest BCUT2D eigenvalue weighted by atomic mass is 19.2. The van der Waals surface area contributed by atoms with Gasteiger partial charge in [0.2, 0.25) is 0 Å². The molecule has 0 bridgehead atoms. The number of piperazine rings is 1. The zero-order valence-electron chi connectivity index (χ0n) is 13.6. The first-order valence-corrected chi connectivity index (χ1v) is 8.03. The Morgan fingerprint density at radius 1 is 1.08 bits per heavy atom. The molecule has 1 heterocycles. The molecule has 3 rings (SSSR count). The third-order valence-corrected chi connectivity index (χ3v) is 4.32. The van der Waals surface area contributed by atoms with Crippen molar-refractivity contribution in [2.45, 2.75) is 6.54 Å². The van der Waals surface area contributed by atoms with Gasteiger partial charge in [-0.3, -0.25) is 9.69 Å². The van der Waals surface area contributed by atoms with Crippen LogP contribution in [0.5, 0.6) is 0 Å². The van der Waals surface area contributed by atoms with Gasteiger partial charge in [-0.25, -0.2) is 8.78 Å². The molecule has 0 aliphatic carbocycles. The van der Waals surface area contributed by atoms with Gasteiger partial charge in [0.25, 0.3) is 5.91 Å². The maximum Gasteiger partial charge on any atom is 0.253 e. The Hall–Kier alpha value is -2.78. The molecule has 1 fully saturated rings. The Bertz CT molecular complexity index is 824. The molecule has 1 amide bonds. The lowest BCUT2D eigenvalue weighted by atomic mass is 10.1. The first-order chi connectivity index (χ1) is 12.1. The van der Waals surface area contributed by atoms with Crippen molar-refractivity contribution >= 4 is 5.91 Å². The van der Waals surface area contributed by atoms with Crippen LogP contribution in [0, 0.1) is 23.0 Å². The molecule has 4 nitrogen and oxygen atoms in total. The van der Waals surface area contributed by atoms with E-state index in [0.29, 0.717) is 49.4 Å². The normalized spacial score (nSPS) is 15.0. The maximum atomic E-state index is 13.8. The lowest BCUT2D eigenvalue weighted by molar-refractivity contribution is 0.0627. The predicted molar refractivity (Wildman–Crippen MR) is 88.7 cm³/mol. The molecule has 0 atom stereocenters. The van der Waals surface area contributed by atoms with Crippen LogP contribution in [0.3, 0.4) is 0 Å². The number of rotatable bonds is 3. The number of carbonyl (C=O) groups is 1. The van der Waals surface area contributed by atoms with Crippen molar-refractivity contribution in [2.75, 3.05) is 26.2 Å². The largest absolute Gasteiger partial charge is 0.336 e. The summed E-state index contributed by atoms with van der Waals surface area (Å²) in [5.74, 6) is -1.77. The molecule has 128 valence electrons. The number of nitriles is 1. The third-order valence-electron chi connectivity index (χ3n) is 4.32. The Balaban J connectivity index is 1.61. The molecular weight excluding hydrogens is 324 g/mol. The van der Waals surface area contributed by atoms with E-state index in [9.17, 15) is 13.6 Å². The van der Waals surface area contributed by atoms with E-state index in [4.69, 9.17) is 5.26 Å². The molecule has 1 aliphatic rings. The van der Waals surface area contributed by atoms with E-state index in [1.807, 2.05) is 11.0 Å². The minimum absolute atomic E-state index is 0.117. The zero-order valence-corrected chi connectivity index (χ0v) is 13.6. The minimum atomic E-state index is -0.844. The summed E-state index contributed by atoms with van der Waals surface area (Å²) in [7, 11) is 0. The zero-order chi connectivity index (χ0) is 17.8. The van der Waals surface area contributed by atoms with Crippen molar-refractivity contribution in [1.29, 1.82) is 5.26 Å². The molecule has 2 aromatic rings. The van der Waals surface area contributed by atoms with Gasteiger partial charge in [-0.05, 0) is 24.3 Å². The summed E-state index contributed by atoms with van der Waals surface area (Å²) < 4.78 is 27.0. The Labute approximate surface area is 144 Å². The van der Waals surface area contributed by atoms with Crippen LogP contribution >= 0.6 is 0 Å². The summed E-state index contributed by atoms with van der Waals surface area (Å²) in [5.41, 5.74) is 1.26. The van der Waals surface area contributed by atoms with Crippen molar-refractivity contribution in [3.63, 3.8) is 0 Å². The average Bonchev–Trinajstić information content (AvgIpc) is 2.65. The van der Waals surface area contributed by atoms with Crippen molar-refractivity contribution in [3.8, 4) is 6.07 Å². The van der Waals surface area contributed by atoms with E-state index < -0.39 is 11.6 Å². The SMILES string of the molecule is N#Cc1cccc(C(=O)N2CCN(Cc3cccc(F)c3F)CC2)c1. The second-order valence-corrected chi connectivity index (χ2v) is 5.97. The minimum Gasteiger partial charge on any atom is -0.336 e. The highest BCUT2D eigenvalue weighted by Crippen LogP contribution is 2.16. The summed E-state index contributed by atoms with van der Waals surface area (Å²) in [6.45, 7) is 2.49. The molecule has 0 N–H and O–H groups in total. The van der Waals surface area contributed by atoms with Crippen LogP contribution in [0.1, 0.15) is 21.5 Å². The van der Waals surface area contributed by atoms with Gasteiger partial charge in [-0.2, -0.15) is 5.26 Å². The standard InChI is InChI=1S/C19H17F2N3O/c20-17-6-2-5-16(18(17)21)13-23-7-9-24(10-8-23)19(25)15-4-1-3-14(11-15)12-22/h1-6,11H,7-10,13H2. The van der Waals surface area contributed by atoms with Gasteiger partial charge in [0.15, 0.2) is 11.6 Å². The fourth-order valence-corrected chi connectivity index (χ4v) is 2.92. The Morgan fingerprint density at radius 2 is 1.80 bits per heavy atom. The first-order valence-electron chi connectivity index (χ1n) is 8.03. The molecule has 1 aliphatic heterocycles. The van der Waals surface area contributed by atoms with E-state index in [2.05, 4.69) is 0 Å². The number of carbonyl (C=O) groups excluding carboxylic acids is 1. The average molecular weight is 341 g/mol. The van der Waals surface area contributed by atoms with Crippen LogP contribution < -0.4 is 0 Å². The number of nitrogens with zero attached hydrogens (tertiary/aromatic N) is 3. The van der Waals surface area contributed by atoms with Crippen molar-refractivity contribution in [2.24, 2.45) is 0 Å². The maximum absolute atomic E-state index is 13.8. The number of hydrogen-bond acceptors (Lipinski definition) is 3. The molecule has 25 heavy (non-hydrogen) atoms. The summed E-state index contributed by atoms with van der Waals surface area (Å²) in [6.07, 6.45) is 0. The summed E-state index contributed by atoms with van der Waals surface area (Å²) >= 11 is 0. The second-order valence-electron chi connectivity index (χ2n) is 5.97. The fourth-order valence-electron chi connectivity index (χ4n) is 2.92. The molecule has 0 spiro atoms. The van der Waals surface area contributed by atoms with Crippen LogP contribution in [0.2, 0.25) is 0 Å². The number of halogens is 2. The van der Waals surface area contributed by atoms with Gasteiger partial charge in [0, 0.05) is 43.9 Å². The molecular formula is C19H17F2N3O. The van der Waals surface area contributed by atoms with E-state index in [1.165, 1.54) is 6.07 Å². The number of benzene rings is 2. The van der Waals surface area contributed by atoms with Gasteiger partial charge in [0.05, 0.1) is 11.6 Å². The summed E-state index contributed by atoms with van der Waals surface area (Å²) in [4.78, 5) is 16.2. The Morgan fingerprint density at radius 3 is 2.52 bits per heavy atom. The van der Waals surface area contributed by atoms with Gasteiger partial charge < -0.3 is 4.90 Å². The molecule has 1 saturated heterocycles. The van der Waals surface area contributed by atoms with Gasteiger partial charge in [-0.1, -0.05) is 18.2 Å². The van der Waals surface area contributed by atoms with Crippen molar-refractivity contribution in [1.82, 2.24) is 9.80 Å². The topological polar surface area (TPSA) is 47.3 Å². The lowest BCUT2D eigenvalue weighted by Crippen LogP contribution is -2.48. The van der Waals surface area contributed by atoms with Crippen LogP contribution in [0.4, 0.5) is 8.78 Å². The van der Waals surface area contributed by atoms with E-state index >= 15 is 0 Å². The van der Waals surface area contributed by atoms with Gasteiger partial charge in [-0.15, -0.1) is 0 Å². The van der Waals surface area contributed by atoms with E-state index in [0.717, 1.165) is 6.07 Å². The second kappa shape index (κ2) is 7.41. The molecule has 0 aromatic heterocycles. The third kappa shape index (κ3) is 3.83. The first kappa shape index (κ1) is 17.1. The fraction of sp³-hybridized carbons (Fsp3) is 0.263. The van der Waals surface area contributed by atoms with E-state index in [1.54, 1.807) is 35.2 Å². The molecule has 0 unspecified atom stereocenters. The quantitative estimate of drug-likeness (QED) is 0.862. The number of amides is 1. The van der Waals surface area contributed by atoms with Crippen LogP contribution in [-0.4, -0.2) is 41.9 Å². The Kier molecular flexibility index (Phi) is 5.05. The smallest absolute Gasteiger partial charge is 0.253 e. The van der Waals surface area contributed by atoms with Crippen LogP contribution in [-0.2, 0) is 6.54 Å². The lowest BCUT2D eigenvalue weighted by Gasteiger charge is -2.34. The van der Waals surface area contributed by atoms with Crippen LogP contribution in [0.15, 0.2) is 42.5 Å². The highest BCUT2D eigenvalue weighted by molar-refractivity contribution is 5.94. The highest BCUT2D eigenvalue weighted by Gasteiger charge is 2.23. The van der Waals surface area contributed by atoms with Crippen molar-refractivity contribution < 1.29 is 13.6 Å². The monoisotopic (exact) mass is 341 g/mol. The molecule has 6 heteroatoms. The van der Waals surface area contributed by atoms with Crippen molar-refractivity contribution in [3.05, 3.63) is 70.8 Å². The molecule has 0 saturated carbocycles. The van der Waals surface area contributed by atoms with Gasteiger partial charge >= 0.3 is 0 Å². The molecule has 2 aromatic carbocycles. The van der Waals surface area contributed by atoms with Gasteiger partial charge in [0.1, 0.15) is 0 Å². The van der Waals surface area contributed by atoms with E-state index in [-0.39, 0.29) is 5.91 Å². The summed E-state index contributed by atoms with van der Waals surface area (Å²) in [5, 5.41) is 8.93.